The third-order valence-corrected chi connectivity index (χ3v) is 6.92. The highest BCUT2D eigenvalue weighted by Gasteiger charge is 2.17. The summed E-state index contributed by atoms with van der Waals surface area (Å²) < 4.78 is 38.1. The van der Waals surface area contributed by atoms with Gasteiger partial charge in [-0.05, 0) is 73.1 Å². The number of ether oxygens (including phenoxy) is 2. The summed E-state index contributed by atoms with van der Waals surface area (Å²) in [5, 5.41) is 2.82. The standard InChI is InChI=1S/C23H30N2O5S/c1-29-21-10-7-17(15-22(21)30-2)11-13-24-23(26)12-14-25-31(27,28)20-9-8-18-5-3-4-6-19(18)16-20/h7-10,15-16,25H,3-6,11-14H2,1-2H3,(H,24,26). The Morgan fingerprint density at radius 1 is 0.935 bits per heavy atom. The van der Waals surface area contributed by atoms with Crippen molar-refractivity contribution in [3.8, 4) is 11.5 Å². The van der Waals surface area contributed by atoms with Crippen LogP contribution in [0.15, 0.2) is 41.3 Å². The normalized spacial score (nSPS) is 13.4. The Balaban J connectivity index is 1.43. The fourth-order valence-electron chi connectivity index (χ4n) is 3.73. The maximum absolute atomic E-state index is 12.5. The first-order valence-corrected chi connectivity index (χ1v) is 12.0. The number of nitrogens with one attached hydrogen (secondary N) is 2. The highest BCUT2D eigenvalue weighted by atomic mass is 32.2. The van der Waals surface area contributed by atoms with Crippen LogP contribution < -0.4 is 19.5 Å². The van der Waals surface area contributed by atoms with Crippen LogP contribution >= 0.6 is 0 Å². The van der Waals surface area contributed by atoms with E-state index in [0.29, 0.717) is 24.5 Å². The molecule has 0 heterocycles. The van der Waals surface area contributed by atoms with E-state index in [1.165, 1.54) is 5.56 Å². The molecule has 3 rings (SSSR count). The predicted octanol–water partition coefficient (Wildman–Crippen LogP) is 2.61. The first-order valence-electron chi connectivity index (χ1n) is 10.5. The zero-order valence-corrected chi connectivity index (χ0v) is 18.9. The second kappa shape index (κ2) is 10.6. The van der Waals surface area contributed by atoms with Gasteiger partial charge < -0.3 is 14.8 Å². The Bertz CT molecular complexity index is 1020. The number of fused-ring (bicyclic) bond motifs is 1. The number of aryl methyl sites for hydroxylation is 2. The Labute approximate surface area is 184 Å². The fourth-order valence-corrected chi connectivity index (χ4v) is 4.81. The molecular formula is C23H30N2O5S. The summed E-state index contributed by atoms with van der Waals surface area (Å²) in [4.78, 5) is 12.3. The van der Waals surface area contributed by atoms with Crippen LogP contribution in [0.4, 0.5) is 0 Å². The molecule has 1 amide bonds. The molecule has 1 aliphatic rings. The van der Waals surface area contributed by atoms with Crippen LogP contribution in [-0.2, 0) is 34.1 Å². The first-order chi connectivity index (χ1) is 14.9. The van der Waals surface area contributed by atoms with Crippen molar-refractivity contribution < 1.29 is 22.7 Å². The number of rotatable bonds is 10. The van der Waals surface area contributed by atoms with E-state index in [2.05, 4.69) is 10.0 Å². The number of carbonyl (C=O) groups is 1. The van der Waals surface area contributed by atoms with Crippen molar-refractivity contribution in [1.82, 2.24) is 10.0 Å². The minimum absolute atomic E-state index is 0.0572. The molecule has 0 atom stereocenters. The number of sulfonamides is 1. The summed E-state index contributed by atoms with van der Waals surface area (Å²) in [5.74, 6) is 1.10. The molecule has 2 aromatic rings. The van der Waals surface area contributed by atoms with Gasteiger partial charge in [-0.1, -0.05) is 12.1 Å². The maximum atomic E-state index is 12.5. The van der Waals surface area contributed by atoms with E-state index < -0.39 is 10.0 Å². The Morgan fingerprint density at radius 3 is 2.42 bits per heavy atom. The number of amides is 1. The molecule has 2 aromatic carbocycles. The zero-order valence-electron chi connectivity index (χ0n) is 18.1. The van der Waals surface area contributed by atoms with Gasteiger partial charge in [0, 0.05) is 19.5 Å². The molecule has 0 spiro atoms. The van der Waals surface area contributed by atoms with E-state index in [9.17, 15) is 13.2 Å². The van der Waals surface area contributed by atoms with E-state index in [1.807, 2.05) is 24.3 Å². The minimum Gasteiger partial charge on any atom is -0.493 e. The molecule has 2 N–H and O–H groups in total. The molecule has 0 bridgehead atoms. The van der Waals surface area contributed by atoms with Gasteiger partial charge in [0.1, 0.15) is 0 Å². The van der Waals surface area contributed by atoms with Crippen LogP contribution in [0.3, 0.4) is 0 Å². The van der Waals surface area contributed by atoms with Crippen LogP contribution in [0.5, 0.6) is 11.5 Å². The molecule has 168 valence electrons. The van der Waals surface area contributed by atoms with Gasteiger partial charge in [-0.15, -0.1) is 0 Å². The van der Waals surface area contributed by atoms with Crippen molar-refractivity contribution in [2.75, 3.05) is 27.3 Å². The van der Waals surface area contributed by atoms with Crippen molar-refractivity contribution in [3.05, 3.63) is 53.1 Å². The quantitative estimate of drug-likeness (QED) is 0.585. The molecule has 8 heteroatoms. The monoisotopic (exact) mass is 446 g/mol. The zero-order chi connectivity index (χ0) is 22.3. The van der Waals surface area contributed by atoms with Gasteiger partial charge in [-0.2, -0.15) is 0 Å². The molecule has 31 heavy (non-hydrogen) atoms. The van der Waals surface area contributed by atoms with Crippen molar-refractivity contribution >= 4 is 15.9 Å². The fraction of sp³-hybridized carbons (Fsp3) is 0.435. The minimum atomic E-state index is -3.62. The molecule has 0 aliphatic heterocycles. The molecule has 0 fully saturated rings. The third kappa shape index (κ3) is 6.21. The third-order valence-electron chi connectivity index (χ3n) is 5.46. The number of hydrogen-bond acceptors (Lipinski definition) is 5. The van der Waals surface area contributed by atoms with Crippen LogP contribution in [-0.4, -0.2) is 41.6 Å². The van der Waals surface area contributed by atoms with Gasteiger partial charge in [-0.25, -0.2) is 13.1 Å². The Hall–Kier alpha value is -2.58. The largest absolute Gasteiger partial charge is 0.493 e. The van der Waals surface area contributed by atoms with Gasteiger partial charge in [-0.3, -0.25) is 4.79 Å². The van der Waals surface area contributed by atoms with Gasteiger partial charge in [0.05, 0.1) is 19.1 Å². The summed E-state index contributed by atoms with van der Waals surface area (Å²) in [6.45, 7) is 0.507. The summed E-state index contributed by atoms with van der Waals surface area (Å²) in [7, 11) is -0.464. The van der Waals surface area contributed by atoms with Crippen molar-refractivity contribution in [2.45, 2.75) is 43.4 Å². The number of hydrogen-bond donors (Lipinski definition) is 2. The smallest absolute Gasteiger partial charge is 0.240 e. The van der Waals surface area contributed by atoms with Crippen LogP contribution in [0.1, 0.15) is 36.0 Å². The summed E-state index contributed by atoms with van der Waals surface area (Å²) in [6.07, 6.45) is 4.88. The lowest BCUT2D eigenvalue weighted by Crippen LogP contribution is -2.31. The molecule has 0 unspecified atom stereocenters. The van der Waals surface area contributed by atoms with E-state index in [-0.39, 0.29) is 23.8 Å². The molecule has 0 radical (unpaired) electrons. The van der Waals surface area contributed by atoms with Crippen molar-refractivity contribution in [3.63, 3.8) is 0 Å². The average Bonchev–Trinajstić information content (AvgIpc) is 2.78. The van der Waals surface area contributed by atoms with Crippen molar-refractivity contribution in [1.29, 1.82) is 0 Å². The number of methoxy groups -OCH3 is 2. The van der Waals surface area contributed by atoms with Gasteiger partial charge >= 0.3 is 0 Å². The average molecular weight is 447 g/mol. The predicted molar refractivity (Wildman–Crippen MR) is 119 cm³/mol. The number of carbonyl (C=O) groups excluding carboxylic acids is 1. The summed E-state index contributed by atoms with van der Waals surface area (Å²) >= 11 is 0. The van der Waals surface area contributed by atoms with Gasteiger partial charge in [0.25, 0.3) is 0 Å². The molecule has 0 saturated carbocycles. The van der Waals surface area contributed by atoms with E-state index in [0.717, 1.165) is 36.8 Å². The highest BCUT2D eigenvalue weighted by molar-refractivity contribution is 7.89. The van der Waals surface area contributed by atoms with E-state index >= 15 is 0 Å². The lowest BCUT2D eigenvalue weighted by Gasteiger charge is -2.16. The SMILES string of the molecule is COc1ccc(CCNC(=O)CCNS(=O)(=O)c2ccc3c(c2)CCCC3)cc1OC. The second-order valence-electron chi connectivity index (χ2n) is 7.57. The maximum Gasteiger partial charge on any atom is 0.240 e. The molecule has 0 saturated heterocycles. The molecule has 0 aromatic heterocycles. The van der Waals surface area contributed by atoms with E-state index in [4.69, 9.17) is 9.47 Å². The highest BCUT2D eigenvalue weighted by Crippen LogP contribution is 2.27. The van der Waals surface area contributed by atoms with Gasteiger partial charge in [0.15, 0.2) is 11.5 Å². The summed E-state index contributed by atoms with van der Waals surface area (Å²) in [5.41, 5.74) is 3.35. The molecule has 7 nitrogen and oxygen atoms in total. The van der Waals surface area contributed by atoms with E-state index in [1.54, 1.807) is 26.4 Å². The lowest BCUT2D eigenvalue weighted by molar-refractivity contribution is -0.120. The van der Waals surface area contributed by atoms with Crippen LogP contribution in [0.25, 0.3) is 0 Å². The van der Waals surface area contributed by atoms with Crippen LogP contribution in [0.2, 0.25) is 0 Å². The number of benzene rings is 2. The molecular weight excluding hydrogens is 416 g/mol. The molecule has 1 aliphatic carbocycles. The Morgan fingerprint density at radius 2 is 1.68 bits per heavy atom. The topological polar surface area (TPSA) is 93.7 Å². The first kappa shape index (κ1) is 23.1. The lowest BCUT2D eigenvalue weighted by atomic mass is 9.92. The summed E-state index contributed by atoms with van der Waals surface area (Å²) in [6, 6.07) is 10.9. The second-order valence-corrected chi connectivity index (χ2v) is 9.34. The van der Waals surface area contributed by atoms with Crippen molar-refractivity contribution in [2.24, 2.45) is 0 Å². The Kier molecular flexibility index (Phi) is 7.92. The van der Waals surface area contributed by atoms with Crippen LogP contribution in [0, 0.1) is 0 Å². The van der Waals surface area contributed by atoms with Gasteiger partial charge in [0.2, 0.25) is 15.9 Å².